The molecule has 0 radical (unpaired) electrons. The highest BCUT2D eigenvalue weighted by molar-refractivity contribution is 9.10. The van der Waals surface area contributed by atoms with E-state index in [9.17, 15) is 9.18 Å². The number of nitrogens with zero attached hydrogens (tertiary/aromatic N) is 1. The highest BCUT2D eigenvalue weighted by Crippen LogP contribution is 2.14. The third-order valence-electron chi connectivity index (χ3n) is 1.72. The minimum atomic E-state index is -1.07. The van der Waals surface area contributed by atoms with Crippen LogP contribution in [0.2, 0.25) is 0 Å². The van der Waals surface area contributed by atoms with Crippen molar-refractivity contribution >= 4 is 28.1 Å². The number of nitrogens with one attached hydrogen (secondary N) is 1. The predicted octanol–water partition coefficient (Wildman–Crippen LogP) is 2.65. The highest BCUT2D eigenvalue weighted by Gasteiger charge is 1.99. The van der Waals surface area contributed by atoms with Crippen LogP contribution in [0, 0.1) is 5.95 Å². The monoisotopic (exact) mass is 288 g/mol. The summed E-state index contributed by atoms with van der Waals surface area (Å²) < 4.78 is 13.8. The topological polar surface area (TPSA) is 62.2 Å². The van der Waals surface area contributed by atoms with E-state index >= 15 is 0 Å². The molecule has 1 amide bonds. The van der Waals surface area contributed by atoms with Gasteiger partial charge in [-0.1, -0.05) is 12.2 Å². The molecule has 2 N–H and O–H groups in total. The van der Waals surface area contributed by atoms with Crippen LogP contribution in [-0.2, 0) is 0 Å². The van der Waals surface area contributed by atoms with Crippen molar-refractivity contribution in [2.45, 2.75) is 6.42 Å². The van der Waals surface area contributed by atoms with Crippen LogP contribution in [0.25, 0.3) is 6.08 Å². The van der Waals surface area contributed by atoms with Crippen molar-refractivity contribution in [2.24, 2.45) is 0 Å². The van der Waals surface area contributed by atoms with E-state index in [2.05, 4.69) is 26.2 Å². The van der Waals surface area contributed by atoms with Crippen LogP contribution >= 0.6 is 15.9 Å². The van der Waals surface area contributed by atoms with E-state index < -0.39 is 12.0 Å². The Morgan fingerprint density at radius 1 is 1.69 bits per heavy atom. The van der Waals surface area contributed by atoms with E-state index in [1.165, 1.54) is 6.20 Å². The van der Waals surface area contributed by atoms with Crippen LogP contribution in [0.1, 0.15) is 12.0 Å². The van der Waals surface area contributed by atoms with Crippen LogP contribution in [0.3, 0.4) is 0 Å². The number of halogens is 2. The molecule has 1 aromatic heterocycles. The number of carbonyl (C=O) groups is 1. The molecule has 0 bridgehead atoms. The zero-order valence-electron chi connectivity index (χ0n) is 8.28. The second-order valence-corrected chi connectivity index (χ2v) is 3.87. The first kappa shape index (κ1) is 12.6. The molecule has 0 spiro atoms. The molecular weight excluding hydrogens is 279 g/mol. The van der Waals surface area contributed by atoms with Gasteiger partial charge in [-0.15, -0.1) is 0 Å². The number of rotatable bonds is 4. The van der Waals surface area contributed by atoms with Crippen molar-refractivity contribution in [2.75, 3.05) is 6.54 Å². The van der Waals surface area contributed by atoms with Crippen molar-refractivity contribution in [3.63, 3.8) is 0 Å². The van der Waals surface area contributed by atoms with E-state index in [0.717, 1.165) is 0 Å². The molecule has 1 aromatic rings. The fraction of sp³-hybridized carbons (Fsp3) is 0.200. The molecule has 4 nitrogen and oxygen atoms in total. The van der Waals surface area contributed by atoms with Crippen molar-refractivity contribution in [3.8, 4) is 0 Å². The van der Waals surface area contributed by atoms with Gasteiger partial charge >= 0.3 is 6.09 Å². The third-order valence-corrected chi connectivity index (χ3v) is 2.15. The Hall–Kier alpha value is -1.43. The lowest BCUT2D eigenvalue weighted by Crippen LogP contribution is -2.21. The summed E-state index contributed by atoms with van der Waals surface area (Å²) in [5.41, 5.74) is 0.365. The summed E-state index contributed by atoms with van der Waals surface area (Å²) >= 11 is 3.18. The molecule has 1 rings (SSSR count). The Morgan fingerprint density at radius 2 is 2.44 bits per heavy atom. The summed E-state index contributed by atoms with van der Waals surface area (Å²) in [6, 6.07) is 1.60. The molecular formula is C10H10BrFN2O2. The minimum absolute atomic E-state index is 0.300. The number of hydrogen-bond acceptors (Lipinski definition) is 2. The van der Waals surface area contributed by atoms with Gasteiger partial charge < -0.3 is 10.4 Å². The molecule has 0 aliphatic rings. The van der Waals surface area contributed by atoms with Gasteiger partial charge in [0.15, 0.2) is 0 Å². The van der Waals surface area contributed by atoms with Gasteiger partial charge in [-0.2, -0.15) is 4.39 Å². The predicted molar refractivity (Wildman–Crippen MR) is 61.6 cm³/mol. The van der Waals surface area contributed by atoms with Gasteiger partial charge in [0, 0.05) is 22.8 Å². The van der Waals surface area contributed by atoms with E-state index in [-0.39, 0.29) is 0 Å². The first-order valence-electron chi connectivity index (χ1n) is 4.54. The van der Waals surface area contributed by atoms with Crippen LogP contribution in [0.5, 0.6) is 0 Å². The molecule has 0 unspecified atom stereocenters. The number of hydrogen-bond donors (Lipinski definition) is 2. The average Bonchev–Trinajstić information content (AvgIpc) is 2.22. The third kappa shape index (κ3) is 4.39. The fourth-order valence-corrected chi connectivity index (χ4v) is 1.38. The number of aromatic nitrogens is 1. The molecule has 0 saturated heterocycles. The zero-order chi connectivity index (χ0) is 12.0. The van der Waals surface area contributed by atoms with Crippen molar-refractivity contribution in [3.05, 3.63) is 34.3 Å². The lowest BCUT2D eigenvalue weighted by Gasteiger charge is -1.97. The number of carboxylic acid groups (broad SMARTS) is 1. The van der Waals surface area contributed by atoms with Gasteiger partial charge in [0.2, 0.25) is 5.95 Å². The summed E-state index contributed by atoms with van der Waals surface area (Å²) in [5.74, 6) is -0.550. The summed E-state index contributed by atoms with van der Waals surface area (Å²) in [5, 5.41) is 10.5. The Balaban J connectivity index is 2.49. The first-order chi connectivity index (χ1) is 7.59. The van der Waals surface area contributed by atoms with E-state index in [0.29, 0.717) is 23.0 Å². The van der Waals surface area contributed by atoms with Crippen molar-refractivity contribution < 1.29 is 14.3 Å². The van der Waals surface area contributed by atoms with E-state index in [1.54, 1.807) is 18.2 Å². The largest absolute Gasteiger partial charge is 0.465 e. The van der Waals surface area contributed by atoms with Gasteiger partial charge in [-0.25, -0.2) is 9.78 Å². The first-order valence-corrected chi connectivity index (χ1v) is 5.33. The lowest BCUT2D eigenvalue weighted by molar-refractivity contribution is 0.194. The molecule has 0 fully saturated rings. The van der Waals surface area contributed by atoms with Crippen molar-refractivity contribution in [1.29, 1.82) is 0 Å². The number of amides is 1. The van der Waals surface area contributed by atoms with Gasteiger partial charge in [-0.05, 0) is 28.4 Å². The summed E-state index contributed by atoms with van der Waals surface area (Å²) in [6.45, 7) is 0.300. The molecule has 0 aliphatic heterocycles. The Kier molecular flexibility index (Phi) is 4.91. The van der Waals surface area contributed by atoms with Gasteiger partial charge in [0.25, 0.3) is 0 Å². The molecule has 0 aromatic carbocycles. The maximum Gasteiger partial charge on any atom is 0.404 e. The van der Waals surface area contributed by atoms with Crippen molar-refractivity contribution in [1.82, 2.24) is 10.3 Å². The Bertz CT molecular complexity index is 410. The van der Waals surface area contributed by atoms with Gasteiger partial charge in [-0.3, -0.25) is 0 Å². The van der Waals surface area contributed by atoms with E-state index in [4.69, 9.17) is 5.11 Å². The normalized spacial score (nSPS) is 10.6. The lowest BCUT2D eigenvalue weighted by atomic mass is 10.2. The maximum absolute atomic E-state index is 13.1. The van der Waals surface area contributed by atoms with Crippen LogP contribution < -0.4 is 5.32 Å². The summed E-state index contributed by atoms with van der Waals surface area (Å²) in [4.78, 5) is 13.7. The zero-order valence-corrected chi connectivity index (χ0v) is 9.87. The number of pyridine rings is 1. The molecule has 86 valence electrons. The summed E-state index contributed by atoms with van der Waals surface area (Å²) in [7, 11) is 0. The fourth-order valence-electron chi connectivity index (χ4n) is 1.03. The van der Waals surface area contributed by atoms with Crippen LogP contribution in [0.4, 0.5) is 9.18 Å². The Morgan fingerprint density at radius 3 is 3.12 bits per heavy atom. The van der Waals surface area contributed by atoms with Crippen LogP contribution in [0.15, 0.2) is 22.8 Å². The molecule has 16 heavy (non-hydrogen) atoms. The molecule has 1 heterocycles. The minimum Gasteiger partial charge on any atom is -0.465 e. The molecule has 0 saturated carbocycles. The second-order valence-electron chi connectivity index (χ2n) is 2.96. The van der Waals surface area contributed by atoms with Crippen LogP contribution in [-0.4, -0.2) is 22.7 Å². The smallest absolute Gasteiger partial charge is 0.404 e. The Labute approximate surface area is 100 Å². The average molecular weight is 289 g/mol. The quantitative estimate of drug-likeness (QED) is 0.661. The summed E-state index contributed by atoms with van der Waals surface area (Å²) in [6.07, 6.45) is 4.06. The van der Waals surface area contributed by atoms with Gasteiger partial charge in [0.1, 0.15) is 0 Å². The standard InChI is InChI=1S/C10H10BrFN2O2/c11-8-5-7(9(12)14-6-8)3-1-2-4-13-10(15)16/h1,3,5-6,13H,2,4H2,(H,15,16). The highest BCUT2D eigenvalue weighted by atomic mass is 79.9. The molecule has 0 aliphatic carbocycles. The molecule has 6 heteroatoms. The van der Waals surface area contributed by atoms with Gasteiger partial charge in [0.05, 0.1) is 0 Å². The molecule has 0 atom stereocenters. The SMILES string of the molecule is O=C(O)NCCC=Cc1cc(Br)cnc1F. The second kappa shape index (κ2) is 6.22. The maximum atomic E-state index is 13.1. The van der Waals surface area contributed by atoms with E-state index in [1.807, 2.05) is 0 Å².